The van der Waals surface area contributed by atoms with Crippen LogP contribution in [0.25, 0.3) is 0 Å². The van der Waals surface area contributed by atoms with Crippen LogP contribution in [0.5, 0.6) is 5.75 Å². The highest BCUT2D eigenvalue weighted by atomic mass is 35.5. The Labute approximate surface area is 97.2 Å². The van der Waals surface area contributed by atoms with E-state index in [2.05, 4.69) is 0 Å². The molecule has 2 nitrogen and oxygen atoms in total. The third-order valence-corrected chi connectivity index (χ3v) is 2.78. The molecule has 0 radical (unpaired) electrons. The first-order chi connectivity index (χ1) is 6.86. The van der Waals surface area contributed by atoms with Crippen molar-refractivity contribution < 1.29 is 4.74 Å². The first-order valence-corrected chi connectivity index (χ1v) is 5.33. The number of halogens is 1. The fourth-order valence-electron chi connectivity index (χ4n) is 1.95. The molecule has 0 unspecified atom stereocenters. The summed E-state index contributed by atoms with van der Waals surface area (Å²) in [5.74, 6) is 0.940. The molecule has 0 aromatic heterocycles. The van der Waals surface area contributed by atoms with Crippen LogP contribution in [0.3, 0.4) is 0 Å². The summed E-state index contributed by atoms with van der Waals surface area (Å²) in [7, 11) is 0. The van der Waals surface area contributed by atoms with Gasteiger partial charge in [0.2, 0.25) is 0 Å². The van der Waals surface area contributed by atoms with Gasteiger partial charge < -0.3 is 10.5 Å². The summed E-state index contributed by atoms with van der Waals surface area (Å²) in [6.07, 6.45) is 4.89. The van der Waals surface area contributed by atoms with E-state index >= 15 is 0 Å². The lowest BCUT2D eigenvalue weighted by molar-refractivity contribution is 0.132. The molecule has 0 saturated heterocycles. The van der Waals surface area contributed by atoms with Gasteiger partial charge in [0.25, 0.3) is 0 Å². The molecular weight excluding hydrogens is 210 g/mol. The second kappa shape index (κ2) is 5.99. The van der Waals surface area contributed by atoms with Gasteiger partial charge in [-0.05, 0) is 31.4 Å². The fraction of sp³-hybridized carbons (Fsp3) is 0.500. The Morgan fingerprint density at radius 2 is 1.73 bits per heavy atom. The monoisotopic (exact) mass is 227 g/mol. The van der Waals surface area contributed by atoms with E-state index in [0.717, 1.165) is 18.6 Å². The highest BCUT2D eigenvalue weighted by Gasteiger charge is 2.22. The Hall–Kier alpha value is -0.730. The maximum Gasteiger partial charge on any atom is 0.119 e. The molecule has 1 fully saturated rings. The van der Waals surface area contributed by atoms with Crippen LogP contribution in [-0.2, 0) is 0 Å². The molecule has 0 spiro atoms. The van der Waals surface area contributed by atoms with E-state index in [-0.39, 0.29) is 24.6 Å². The van der Waals surface area contributed by atoms with E-state index in [0.29, 0.717) is 0 Å². The SMILES string of the molecule is Cl.N[C@@H]1CCCC[C@@H]1Oc1ccccc1. The molecule has 2 atom stereocenters. The van der Waals surface area contributed by atoms with Crippen LogP contribution in [-0.4, -0.2) is 12.1 Å². The van der Waals surface area contributed by atoms with Crippen molar-refractivity contribution >= 4 is 12.4 Å². The largest absolute Gasteiger partial charge is 0.489 e. The summed E-state index contributed by atoms with van der Waals surface area (Å²) in [4.78, 5) is 0. The third-order valence-electron chi connectivity index (χ3n) is 2.78. The van der Waals surface area contributed by atoms with Crippen molar-refractivity contribution in [3.8, 4) is 5.75 Å². The average molecular weight is 228 g/mol. The molecular formula is C12H18ClNO. The number of hydrogen-bond acceptors (Lipinski definition) is 2. The molecule has 0 aliphatic heterocycles. The molecule has 1 aliphatic rings. The van der Waals surface area contributed by atoms with Crippen molar-refractivity contribution in [2.24, 2.45) is 5.73 Å². The minimum atomic E-state index is 0. The zero-order chi connectivity index (χ0) is 9.80. The first kappa shape index (κ1) is 12.3. The molecule has 15 heavy (non-hydrogen) atoms. The lowest BCUT2D eigenvalue weighted by atomic mass is 9.93. The normalized spacial score (nSPS) is 25.4. The summed E-state index contributed by atoms with van der Waals surface area (Å²) < 4.78 is 5.84. The Balaban J connectivity index is 0.00000112. The van der Waals surface area contributed by atoms with Crippen LogP contribution < -0.4 is 10.5 Å². The van der Waals surface area contributed by atoms with Gasteiger partial charge in [0.15, 0.2) is 0 Å². The van der Waals surface area contributed by atoms with Crippen molar-refractivity contribution in [3.05, 3.63) is 30.3 Å². The summed E-state index contributed by atoms with van der Waals surface area (Å²) in [6.45, 7) is 0. The van der Waals surface area contributed by atoms with Crippen LogP contribution in [0, 0.1) is 0 Å². The van der Waals surface area contributed by atoms with Crippen molar-refractivity contribution in [2.45, 2.75) is 37.8 Å². The molecule has 1 aromatic rings. The second-order valence-electron chi connectivity index (χ2n) is 3.92. The Kier molecular flexibility index (Phi) is 4.92. The molecule has 0 amide bonds. The maximum absolute atomic E-state index is 6.00. The molecule has 2 N–H and O–H groups in total. The molecule has 0 bridgehead atoms. The topological polar surface area (TPSA) is 35.2 Å². The minimum Gasteiger partial charge on any atom is -0.489 e. The molecule has 1 aliphatic carbocycles. The highest BCUT2D eigenvalue weighted by Crippen LogP contribution is 2.22. The maximum atomic E-state index is 6.00. The van der Waals surface area contributed by atoms with Gasteiger partial charge >= 0.3 is 0 Å². The van der Waals surface area contributed by atoms with E-state index in [1.165, 1.54) is 12.8 Å². The summed E-state index contributed by atoms with van der Waals surface area (Å²) in [5, 5.41) is 0. The predicted octanol–water partition coefficient (Wildman–Crippen LogP) is 2.76. The standard InChI is InChI=1S/C12H17NO.ClH/c13-11-8-4-5-9-12(11)14-10-6-2-1-3-7-10;/h1-3,6-7,11-12H,4-5,8-9,13H2;1H/t11-,12+;/m1./s1. The van der Waals surface area contributed by atoms with Gasteiger partial charge in [-0.3, -0.25) is 0 Å². The number of para-hydroxylation sites is 1. The molecule has 84 valence electrons. The number of rotatable bonds is 2. The lowest BCUT2D eigenvalue weighted by Crippen LogP contribution is -2.41. The van der Waals surface area contributed by atoms with E-state index in [9.17, 15) is 0 Å². The number of hydrogen-bond donors (Lipinski definition) is 1. The Morgan fingerprint density at radius 1 is 1.07 bits per heavy atom. The van der Waals surface area contributed by atoms with Crippen LogP contribution in [0.4, 0.5) is 0 Å². The Bertz CT molecular complexity index is 278. The van der Waals surface area contributed by atoms with Crippen LogP contribution in [0.1, 0.15) is 25.7 Å². The molecule has 2 rings (SSSR count). The first-order valence-electron chi connectivity index (χ1n) is 5.33. The third kappa shape index (κ3) is 3.40. The smallest absolute Gasteiger partial charge is 0.119 e. The van der Waals surface area contributed by atoms with E-state index < -0.39 is 0 Å². The molecule has 0 heterocycles. The van der Waals surface area contributed by atoms with Gasteiger partial charge in [0, 0.05) is 6.04 Å². The Morgan fingerprint density at radius 3 is 2.40 bits per heavy atom. The zero-order valence-electron chi connectivity index (χ0n) is 8.76. The van der Waals surface area contributed by atoms with Crippen LogP contribution in [0.2, 0.25) is 0 Å². The van der Waals surface area contributed by atoms with Gasteiger partial charge in [0.05, 0.1) is 0 Å². The van der Waals surface area contributed by atoms with E-state index in [4.69, 9.17) is 10.5 Å². The average Bonchev–Trinajstić information content (AvgIpc) is 2.23. The molecule has 1 aromatic carbocycles. The van der Waals surface area contributed by atoms with E-state index in [1.807, 2.05) is 30.3 Å². The van der Waals surface area contributed by atoms with Crippen molar-refractivity contribution in [3.63, 3.8) is 0 Å². The fourth-order valence-corrected chi connectivity index (χ4v) is 1.95. The molecule has 1 saturated carbocycles. The second-order valence-corrected chi connectivity index (χ2v) is 3.92. The molecule has 3 heteroatoms. The lowest BCUT2D eigenvalue weighted by Gasteiger charge is -2.29. The van der Waals surface area contributed by atoms with Crippen molar-refractivity contribution in [2.75, 3.05) is 0 Å². The van der Waals surface area contributed by atoms with Gasteiger partial charge in [-0.1, -0.05) is 24.6 Å². The number of benzene rings is 1. The van der Waals surface area contributed by atoms with Crippen LogP contribution in [0.15, 0.2) is 30.3 Å². The van der Waals surface area contributed by atoms with Gasteiger partial charge in [-0.15, -0.1) is 12.4 Å². The summed E-state index contributed by atoms with van der Waals surface area (Å²) in [5.41, 5.74) is 6.00. The zero-order valence-corrected chi connectivity index (χ0v) is 9.58. The summed E-state index contributed by atoms with van der Waals surface area (Å²) in [6, 6.07) is 10.2. The minimum absolute atomic E-state index is 0. The quantitative estimate of drug-likeness (QED) is 0.843. The van der Waals surface area contributed by atoms with Gasteiger partial charge in [0.1, 0.15) is 11.9 Å². The number of nitrogens with two attached hydrogens (primary N) is 1. The van der Waals surface area contributed by atoms with Crippen LogP contribution >= 0.6 is 12.4 Å². The highest BCUT2D eigenvalue weighted by molar-refractivity contribution is 5.85. The van der Waals surface area contributed by atoms with Gasteiger partial charge in [-0.2, -0.15) is 0 Å². The van der Waals surface area contributed by atoms with E-state index in [1.54, 1.807) is 0 Å². The predicted molar refractivity (Wildman–Crippen MR) is 64.5 cm³/mol. The van der Waals surface area contributed by atoms with Crippen molar-refractivity contribution in [1.82, 2.24) is 0 Å². The number of ether oxygens (including phenoxy) is 1. The summed E-state index contributed by atoms with van der Waals surface area (Å²) >= 11 is 0. The van der Waals surface area contributed by atoms with Gasteiger partial charge in [-0.25, -0.2) is 0 Å². The van der Waals surface area contributed by atoms with Crippen molar-refractivity contribution in [1.29, 1.82) is 0 Å².